The van der Waals surface area contributed by atoms with E-state index in [1.54, 1.807) is 0 Å². The Balaban J connectivity index is 1.52. The quantitative estimate of drug-likeness (QED) is 0.182. The fraction of sp³-hybridized carbons (Fsp3) is 0.0909. The summed E-state index contributed by atoms with van der Waals surface area (Å²) in [4.78, 5) is 0. The highest BCUT2D eigenvalue weighted by atomic mass is 31.1. The van der Waals surface area contributed by atoms with Crippen molar-refractivity contribution in [2.75, 3.05) is 12.3 Å². The Kier molecular flexibility index (Phi) is 9.11. The summed E-state index contributed by atoms with van der Waals surface area (Å²) < 4.78 is 0. The first kappa shape index (κ1) is 25.1. The molecule has 5 aromatic carbocycles. The molecule has 0 aliphatic heterocycles. The van der Waals surface area contributed by atoms with E-state index in [9.17, 15) is 0 Å². The van der Waals surface area contributed by atoms with Crippen LogP contribution in [-0.2, 0) is 0 Å². The van der Waals surface area contributed by atoms with Crippen LogP contribution in [0.25, 0.3) is 0 Å². The van der Waals surface area contributed by atoms with Crippen molar-refractivity contribution in [2.24, 2.45) is 0 Å². The molecule has 3 heteroatoms. The average molecular weight is 521 g/mol. The summed E-state index contributed by atoms with van der Waals surface area (Å²) in [6, 6.07) is 55.9. The van der Waals surface area contributed by atoms with E-state index in [-0.39, 0.29) is 0 Å². The second-order valence-corrected chi connectivity index (χ2v) is 15.0. The third-order valence-corrected chi connectivity index (χ3v) is 13.7. The summed E-state index contributed by atoms with van der Waals surface area (Å²) in [6.45, 7) is 0. The lowest BCUT2D eigenvalue weighted by Crippen LogP contribution is -2.26. The van der Waals surface area contributed by atoms with Crippen molar-refractivity contribution in [3.63, 3.8) is 0 Å². The van der Waals surface area contributed by atoms with Gasteiger partial charge in [-0.15, -0.1) is 0 Å². The Morgan fingerprint density at radius 3 is 0.972 bits per heavy atom. The van der Waals surface area contributed by atoms with Crippen molar-refractivity contribution in [2.45, 2.75) is 5.66 Å². The fourth-order valence-electron chi connectivity index (χ4n) is 4.51. The minimum atomic E-state index is -0.438. The predicted molar refractivity (Wildman–Crippen MR) is 166 cm³/mol. The topological polar surface area (TPSA) is 0 Å². The fourth-order valence-corrected chi connectivity index (χ4v) is 12.1. The van der Waals surface area contributed by atoms with Crippen molar-refractivity contribution in [3.05, 3.63) is 152 Å². The highest BCUT2D eigenvalue weighted by molar-refractivity contribution is 7.75. The molecule has 0 saturated carbocycles. The van der Waals surface area contributed by atoms with Crippen LogP contribution in [0.2, 0.25) is 0 Å². The Morgan fingerprint density at radius 1 is 0.389 bits per heavy atom. The summed E-state index contributed by atoms with van der Waals surface area (Å²) in [5, 5.41) is 7.38. The van der Waals surface area contributed by atoms with E-state index in [0.29, 0.717) is 5.66 Å². The molecule has 0 aliphatic carbocycles. The zero-order valence-electron chi connectivity index (χ0n) is 20.3. The van der Waals surface area contributed by atoms with E-state index in [1.165, 1.54) is 38.8 Å². The molecule has 5 aromatic rings. The summed E-state index contributed by atoms with van der Waals surface area (Å²) >= 11 is 0. The molecule has 0 fully saturated rings. The van der Waals surface area contributed by atoms with E-state index in [1.807, 2.05) is 0 Å². The van der Waals surface area contributed by atoms with Gasteiger partial charge < -0.3 is 0 Å². The summed E-state index contributed by atoms with van der Waals surface area (Å²) in [6.07, 6.45) is 2.41. The number of benzene rings is 5. The summed E-state index contributed by atoms with van der Waals surface area (Å²) in [5.41, 5.74) is 0.602. The minimum Gasteiger partial charge on any atom is -0.0865 e. The molecule has 0 radical (unpaired) electrons. The van der Waals surface area contributed by atoms with E-state index in [4.69, 9.17) is 0 Å². The third kappa shape index (κ3) is 6.78. The lowest BCUT2D eigenvalue weighted by Gasteiger charge is -2.29. The molecule has 0 N–H and O–H groups in total. The summed E-state index contributed by atoms with van der Waals surface area (Å²) in [7, 11) is -0.0819. The van der Waals surface area contributed by atoms with Gasteiger partial charge in [0.05, 0.1) is 0 Å². The molecule has 0 saturated heterocycles. The van der Waals surface area contributed by atoms with E-state index < -0.39 is 15.8 Å². The van der Waals surface area contributed by atoms with Crippen LogP contribution in [0.5, 0.6) is 0 Å². The molecular weight excluding hydrogens is 489 g/mol. The lowest BCUT2D eigenvalue weighted by molar-refractivity contribution is 1.13. The van der Waals surface area contributed by atoms with Crippen molar-refractivity contribution in [3.8, 4) is 0 Å². The van der Waals surface area contributed by atoms with Crippen LogP contribution in [0, 0.1) is 0 Å². The molecule has 0 nitrogen and oxygen atoms in total. The molecule has 1 atom stereocenters. The highest BCUT2D eigenvalue weighted by Crippen LogP contribution is 2.44. The van der Waals surface area contributed by atoms with Crippen LogP contribution < -0.4 is 26.5 Å². The molecule has 5 rings (SSSR count). The minimum absolute atomic E-state index is 0.438. The Hall–Kier alpha value is -2.61. The monoisotopic (exact) mass is 520 g/mol. The second kappa shape index (κ2) is 13.1. The van der Waals surface area contributed by atoms with Gasteiger partial charge in [-0.3, -0.25) is 0 Å². The van der Waals surface area contributed by atoms with Gasteiger partial charge in [0, 0.05) is 0 Å². The first-order chi connectivity index (χ1) is 17.9. The molecule has 0 amide bonds. The average Bonchev–Trinajstić information content (AvgIpc) is 2.97. The maximum Gasteiger partial charge on any atom is -0.0106 e. The van der Waals surface area contributed by atoms with Gasteiger partial charge in [-0.05, 0) is 60.3 Å². The van der Waals surface area contributed by atoms with Gasteiger partial charge in [0.25, 0.3) is 0 Å². The van der Waals surface area contributed by atoms with E-state index in [2.05, 4.69) is 152 Å². The van der Waals surface area contributed by atoms with Gasteiger partial charge in [-0.1, -0.05) is 160 Å². The van der Waals surface area contributed by atoms with E-state index >= 15 is 0 Å². The van der Waals surface area contributed by atoms with Crippen LogP contribution >= 0.6 is 24.4 Å². The van der Waals surface area contributed by atoms with Gasteiger partial charge in [-0.2, -0.15) is 0 Å². The Labute approximate surface area is 220 Å². The van der Waals surface area contributed by atoms with Crippen molar-refractivity contribution in [1.29, 1.82) is 0 Å². The molecule has 1 unspecified atom stereocenters. The van der Waals surface area contributed by atoms with Crippen molar-refractivity contribution >= 4 is 50.9 Å². The normalized spacial score (nSPS) is 11.6. The largest absolute Gasteiger partial charge is 0.0865 e. The second-order valence-electron chi connectivity index (χ2n) is 8.77. The molecular formula is C33H31P3. The van der Waals surface area contributed by atoms with Crippen LogP contribution in [0.3, 0.4) is 0 Å². The van der Waals surface area contributed by atoms with E-state index in [0.717, 1.165) is 8.58 Å². The smallest absolute Gasteiger partial charge is 0.0106 e. The zero-order valence-corrected chi connectivity index (χ0v) is 23.1. The van der Waals surface area contributed by atoms with Gasteiger partial charge >= 0.3 is 0 Å². The third-order valence-electron chi connectivity index (χ3n) is 6.22. The first-order valence-electron chi connectivity index (χ1n) is 12.4. The number of hydrogen-bond acceptors (Lipinski definition) is 0. The standard InChI is InChI=1S/C33H31P3/c1-6-16-28(17-7-1)34-29(26-35(30-18-8-2-9-19-30)31-20-10-3-11-21-31)27-36(32-22-12-4-13-23-32)33-24-14-5-15-25-33/h1-25,29,34H,26-27H2. The number of rotatable bonds is 10. The van der Waals surface area contributed by atoms with Gasteiger partial charge in [0.2, 0.25) is 0 Å². The predicted octanol–water partition coefficient (Wildman–Crippen LogP) is 6.62. The molecule has 0 bridgehead atoms. The maximum atomic E-state index is 2.33. The van der Waals surface area contributed by atoms with Gasteiger partial charge in [-0.25, -0.2) is 0 Å². The lowest BCUT2D eigenvalue weighted by atomic mass is 10.4. The Bertz CT molecular complexity index is 1130. The van der Waals surface area contributed by atoms with Gasteiger partial charge in [0.1, 0.15) is 0 Å². The molecule has 0 heterocycles. The van der Waals surface area contributed by atoms with Crippen LogP contribution in [0.15, 0.2) is 152 Å². The summed E-state index contributed by atoms with van der Waals surface area (Å²) in [5.74, 6) is 0. The Morgan fingerprint density at radius 2 is 0.667 bits per heavy atom. The van der Waals surface area contributed by atoms with Crippen LogP contribution in [0.1, 0.15) is 0 Å². The van der Waals surface area contributed by atoms with Crippen LogP contribution in [0.4, 0.5) is 0 Å². The van der Waals surface area contributed by atoms with Crippen LogP contribution in [-0.4, -0.2) is 18.0 Å². The highest BCUT2D eigenvalue weighted by Gasteiger charge is 2.25. The maximum absolute atomic E-state index is 2.33. The molecule has 0 spiro atoms. The molecule has 178 valence electrons. The SMILES string of the molecule is c1ccc(PC(CP(c2ccccc2)c2ccccc2)CP(c2ccccc2)c2ccccc2)cc1. The molecule has 0 aromatic heterocycles. The molecule has 36 heavy (non-hydrogen) atoms. The van der Waals surface area contributed by atoms with Crippen molar-refractivity contribution < 1.29 is 0 Å². The first-order valence-corrected chi connectivity index (χ1v) is 16.6. The zero-order chi connectivity index (χ0) is 24.4. The number of hydrogen-bond donors (Lipinski definition) is 0. The van der Waals surface area contributed by atoms with Gasteiger partial charge in [0.15, 0.2) is 0 Å². The molecule has 0 aliphatic rings. The van der Waals surface area contributed by atoms with Crippen molar-refractivity contribution in [1.82, 2.24) is 0 Å².